The highest BCUT2D eigenvalue weighted by Crippen LogP contribution is 2.26. The highest BCUT2D eigenvalue weighted by atomic mass is 16.5. The van der Waals surface area contributed by atoms with Crippen molar-refractivity contribution >= 4 is 0 Å². The molecule has 1 aliphatic rings. The number of likely N-dealkylation sites (N-methyl/N-ethyl adjacent to an activating group) is 1. The lowest BCUT2D eigenvalue weighted by Crippen LogP contribution is -2.40. The summed E-state index contributed by atoms with van der Waals surface area (Å²) in [4.78, 5) is 0. The molecule has 3 heteroatoms. The Morgan fingerprint density at radius 2 is 2.08 bits per heavy atom. The maximum Gasteiger partial charge on any atom is 0.0968 e. The van der Waals surface area contributed by atoms with Gasteiger partial charge in [-0.15, -0.1) is 0 Å². The Morgan fingerprint density at radius 3 is 2.58 bits per heavy atom. The normalized spacial score (nSPS) is 42.0. The Labute approximate surface area is 74.4 Å². The van der Waals surface area contributed by atoms with Gasteiger partial charge in [0, 0.05) is 13.2 Å². The van der Waals surface area contributed by atoms with E-state index in [1.807, 2.05) is 7.05 Å². The van der Waals surface area contributed by atoms with Crippen LogP contribution in [0, 0.1) is 5.92 Å². The first-order valence-electron chi connectivity index (χ1n) is 4.52. The van der Waals surface area contributed by atoms with Crippen molar-refractivity contribution in [2.24, 2.45) is 5.92 Å². The van der Waals surface area contributed by atoms with Crippen LogP contribution in [0.25, 0.3) is 0 Å². The second-order valence-corrected chi connectivity index (χ2v) is 3.51. The van der Waals surface area contributed by atoms with Gasteiger partial charge in [0.15, 0.2) is 0 Å². The van der Waals surface area contributed by atoms with Gasteiger partial charge >= 0.3 is 0 Å². The lowest BCUT2D eigenvalue weighted by molar-refractivity contribution is -0.00343. The fourth-order valence-corrected chi connectivity index (χ4v) is 1.87. The van der Waals surface area contributed by atoms with Crippen molar-refractivity contribution in [2.75, 3.05) is 20.8 Å². The number of rotatable bonds is 3. The van der Waals surface area contributed by atoms with Gasteiger partial charge in [-0.2, -0.15) is 0 Å². The number of methoxy groups -OCH3 is 1. The Bertz CT molecular complexity index is 140. The van der Waals surface area contributed by atoms with Crippen molar-refractivity contribution in [3.05, 3.63) is 0 Å². The molecule has 0 radical (unpaired) electrons. The Kier molecular flexibility index (Phi) is 3.50. The second kappa shape index (κ2) is 4.21. The van der Waals surface area contributed by atoms with E-state index in [0.717, 1.165) is 0 Å². The molecule has 1 saturated heterocycles. The van der Waals surface area contributed by atoms with Gasteiger partial charge in [0.1, 0.15) is 0 Å². The van der Waals surface area contributed by atoms with Crippen LogP contribution in [0.1, 0.15) is 13.8 Å². The molecule has 1 N–H and O–H groups in total. The average Bonchev–Trinajstić information content (AvgIpc) is 2.29. The highest BCUT2D eigenvalue weighted by molar-refractivity contribution is 4.90. The van der Waals surface area contributed by atoms with E-state index in [1.54, 1.807) is 7.11 Å². The van der Waals surface area contributed by atoms with Crippen molar-refractivity contribution in [3.63, 3.8) is 0 Å². The van der Waals surface area contributed by atoms with Crippen LogP contribution in [0.15, 0.2) is 0 Å². The zero-order valence-electron chi connectivity index (χ0n) is 8.33. The van der Waals surface area contributed by atoms with Crippen LogP contribution >= 0.6 is 0 Å². The van der Waals surface area contributed by atoms with Crippen LogP contribution < -0.4 is 5.32 Å². The minimum Gasteiger partial charge on any atom is -0.382 e. The summed E-state index contributed by atoms with van der Waals surface area (Å²) in [6, 6.07) is 0.431. The molecule has 1 heterocycles. The van der Waals surface area contributed by atoms with E-state index in [1.165, 1.54) is 0 Å². The van der Waals surface area contributed by atoms with Gasteiger partial charge in [-0.3, -0.25) is 0 Å². The average molecular weight is 173 g/mol. The smallest absolute Gasteiger partial charge is 0.0968 e. The molecular formula is C9H19NO2. The Balaban J connectivity index is 2.52. The first kappa shape index (κ1) is 9.96. The van der Waals surface area contributed by atoms with Crippen molar-refractivity contribution in [1.82, 2.24) is 5.32 Å². The topological polar surface area (TPSA) is 30.5 Å². The number of ether oxygens (including phenoxy) is 2. The van der Waals surface area contributed by atoms with Crippen LogP contribution in [-0.4, -0.2) is 39.0 Å². The molecule has 4 unspecified atom stereocenters. The number of nitrogens with one attached hydrogen (secondary N) is 1. The van der Waals surface area contributed by atoms with Gasteiger partial charge in [-0.1, -0.05) is 6.92 Å². The molecule has 0 aliphatic carbocycles. The summed E-state index contributed by atoms with van der Waals surface area (Å²) in [6.45, 7) is 5.01. The van der Waals surface area contributed by atoms with Gasteiger partial charge < -0.3 is 14.8 Å². The summed E-state index contributed by atoms with van der Waals surface area (Å²) in [7, 11) is 3.69. The molecule has 0 amide bonds. The van der Waals surface area contributed by atoms with E-state index in [4.69, 9.17) is 9.47 Å². The third-order valence-corrected chi connectivity index (χ3v) is 2.76. The van der Waals surface area contributed by atoms with Gasteiger partial charge in [-0.25, -0.2) is 0 Å². The first-order valence-corrected chi connectivity index (χ1v) is 4.52. The summed E-state index contributed by atoms with van der Waals surface area (Å²) >= 11 is 0. The molecule has 0 bridgehead atoms. The second-order valence-electron chi connectivity index (χ2n) is 3.51. The predicted molar refractivity (Wildman–Crippen MR) is 48.2 cm³/mol. The van der Waals surface area contributed by atoms with Crippen molar-refractivity contribution < 1.29 is 9.47 Å². The first-order chi connectivity index (χ1) is 5.70. The van der Waals surface area contributed by atoms with Gasteiger partial charge in [0.05, 0.1) is 18.8 Å². The third-order valence-electron chi connectivity index (χ3n) is 2.76. The molecule has 12 heavy (non-hydrogen) atoms. The summed E-state index contributed by atoms with van der Waals surface area (Å²) in [5.74, 6) is 0.565. The van der Waals surface area contributed by atoms with Crippen LogP contribution in [0.5, 0.6) is 0 Å². The Hall–Kier alpha value is -0.120. The van der Waals surface area contributed by atoms with Crippen LogP contribution in [0.4, 0.5) is 0 Å². The molecule has 0 spiro atoms. The molecule has 1 rings (SSSR count). The van der Waals surface area contributed by atoms with Gasteiger partial charge in [0.2, 0.25) is 0 Å². The predicted octanol–water partition coefficient (Wildman–Crippen LogP) is 0.644. The molecular weight excluding hydrogens is 154 g/mol. The molecule has 0 aromatic carbocycles. The van der Waals surface area contributed by atoms with Crippen molar-refractivity contribution in [3.8, 4) is 0 Å². The van der Waals surface area contributed by atoms with E-state index in [9.17, 15) is 0 Å². The van der Waals surface area contributed by atoms with Crippen LogP contribution in [0.3, 0.4) is 0 Å². The van der Waals surface area contributed by atoms with E-state index in [2.05, 4.69) is 19.2 Å². The van der Waals surface area contributed by atoms with Gasteiger partial charge in [0.25, 0.3) is 0 Å². The quantitative estimate of drug-likeness (QED) is 0.679. The number of hydrogen-bond acceptors (Lipinski definition) is 3. The fourth-order valence-electron chi connectivity index (χ4n) is 1.87. The summed E-state index contributed by atoms with van der Waals surface area (Å²) in [5, 5.41) is 3.27. The number of hydrogen-bond donors (Lipinski definition) is 1. The summed E-state index contributed by atoms with van der Waals surface area (Å²) in [5.41, 5.74) is 0. The van der Waals surface area contributed by atoms with E-state index in [0.29, 0.717) is 24.7 Å². The minimum absolute atomic E-state index is 0.213. The zero-order valence-corrected chi connectivity index (χ0v) is 8.33. The molecule has 1 fully saturated rings. The highest BCUT2D eigenvalue weighted by Gasteiger charge is 2.38. The molecule has 0 saturated carbocycles. The van der Waals surface area contributed by atoms with Crippen molar-refractivity contribution in [2.45, 2.75) is 32.1 Å². The lowest BCUT2D eigenvalue weighted by atomic mass is 9.97. The summed E-state index contributed by atoms with van der Waals surface area (Å²) in [6.07, 6.45) is 0.549. The molecule has 0 aromatic heterocycles. The van der Waals surface area contributed by atoms with E-state index < -0.39 is 0 Å². The SMILES string of the molecule is CNC1C(COC)OC(C)C1C. The fraction of sp³-hybridized carbons (Fsp3) is 1.00. The van der Waals surface area contributed by atoms with Gasteiger partial charge in [-0.05, 0) is 19.9 Å². The standard InChI is InChI=1S/C9H19NO2/c1-6-7(2)12-8(5-11-4)9(6)10-3/h6-10H,5H2,1-4H3. The maximum absolute atomic E-state index is 5.73. The lowest BCUT2D eigenvalue weighted by Gasteiger charge is -2.19. The maximum atomic E-state index is 5.73. The molecule has 3 nitrogen and oxygen atoms in total. The van der Waals surface area contributed by atoms with Crippen LogP contribution in [-0.2, 0) is 9.47 Å². The molecule has 4 atom stereocenters. The monoisotopic (exact) mass is 173 g/mol. The minimum atomic E-state index is 0.213. The Morgan fingerprint density at radius 1 is 1.42 bits per heavy atom. The molecule has 1 aliphatic heterocycles. The van der Waals surface area contributed by atoms with E-state index >= 15 is 0 Å². The van der Waals surface area contributed by atoms with E-state index in [-0.39, 0.29) is 6.10 Å². The van der Waals surface area contributed by atoms with Crippen LogP contribution in [0.2, 0.25) is 0 Å². The summed E-state index contributed by atoms with van der Waals surface area (Å²) < 4.78 is 10.8. The largest absolute Gasteiger partial charge is 0.382 e. The molecule has 72 valence electrons. The third kappa shape index (κ3) is 1.79. The zero-order chi connectivity index (χ0) is 9.14. The van der Waals surface area contributed by atoms with Crippen molar-refractivity contribution in [1.29, 1.82) is 0 Å². The molecule has 0 aromatic rings.